The zero-order valence-corrected chi connectivity index (χ0v) is 19.0. The molecule has 0 unspecified atom stereocenters. The topological polar surface area (TPSA) is 118 Å². The van der Waals surface area contributed by atoms with Gasteiger partial charge < -0.3 is 20.1 Å². The number of rotatable bonds is 8. The van der Waals surface area contributed by atoms with Gasteiger partial charge in [-0.25, -0.2) is 5.43 Å². The number of hydrogen-bond donors (Lipinski definition) is 3. The highest BCUT2D eigenvalue weighted by Crippen LogP contribution is 2.29. The van der Waals surface area contributed by atoms with Gasteiger partial charge in [0, 0.05) is 18.7 Å². The number of carbonyl (C=O) groups excluding carboxylic acids is 3. The van der Waals surface area contributed by atoms with E-state index in [-0.39, 0.29) is 24.3 Å². The number of hydrogen-bond acceptors (Lipinski definition) is 6. The van der Waals surface area contributed by atoms with E-state index in [1.54, 1.807) is 42.5 Å². The summed E-state index contributed by atoms with van der Waals surface area (Å²) in [6.45, 7) is 0.634. The number of ether oxygens (including phenoxy) is 2. The molecule has 1 fully saturated rings. The first-order valence-electron chi connectivity index (χ1n) is 10.1. The summed E-state index contributed by atoms with van der Waals surface area (Å²) in [4.78, 5) is 35.9. The molecule has 2 aromatic carbocycles. The third-order valence-electron chi connectivity index (χ3n) is 4.59. The summed E-state index contributed by atoms with van der Waals surface area (Å²) in [5.41, 5.74) is 3.02. The normalized spacial score (nSPS) is 15.3. The Morgan fingerprint density at radius 1 is 1.12 bits per heavy atom. The highest BCUT2D eigenvalue weighted by molar-refractivity contribution is 6.44. The number of halogens is 2. The number of hydrazone groups is 1. The quantitative estimate of drug-likeness (QED) is 0.297. The minimum absolute atomic E-state index is 0.0682. The molecule has 0 aromatic heterocycles. The largest absolute Gasteiger partial charge is 0.483 e. The van der Waals surface area contributed by atoms with E-state index in [0.717, 1.165) is 12.8 Å². The number of para-hydroxylation sites is 1. The maximum Gasteiger partial charge on any atom is 0.329 e. The van der Waals surface area contributed by atoms with Gasteiger partial charge in [0.25, 0.3) is 5.91 Å². The summed E-state index contributed by atoms with van der Waals surface area (Å²) in [7, 11) is 0. The van der Waals surface area contributed by atoms with Gasteiger partial charge in [0.2, 0.25) is 0 Å². The third-order valence-corrected chi connectivity index (χ3v) is 5.41. The van der Waals surface area contributed by atoms with E-state index in [2.05, 4.69) is 21.2 Å². The fourth-order valence-electron chi connectivity index (χ4n) is 2.95. The smallest absolute Gasteiger partial charge is 0.329 e. The van der Waals surface area contributed by atoms with E-state index >= 15 is 0 Å². The lowest BCUT2D eigenvalue weighted by molar-refractivity contribution is -0.139. The van der Waals surface area contributed by atoms with Crippen LogP contribution in [0.25, 0.3) is 0 Å². The van der Waals surface area contributed by atoms with Crippen molar-refractivity contribution in [3.05, 3.63) is 58.1 Å². The van der Waals surface area contributed by atoms with Crippen LogP contribution in [0.4, 0.5) is 5.69 Å². The molecule has 174 valence electrons. The molecule has 1 aliphatic rings. The first kappa shape index (κ1) is 24.5. The van der Waals surface area contributed by atoms with Crippen LogP contribution in [0.5, 0.6) is 5.75 Å². The summed E-state index contributed by atoms with van der Waals surface area (Å²) in [5, 5.41) is 9.47. The fraction of sp³-hybridized carbons (Fsp3) is 0.273. The molecule has 0 bridgehead atoms. The molecule has 0 spiro atoms. The molecule has 3 rings (SSSR count). The molecule has 0 radical (unpaired) electrons. The third kappa shape index (κ3) is 7.45. The van der Waals surface area contributed by atoms with Crippen molar-refractivity contribution in [2.75, 3.05) is 25.1 Å². The molecule has 0 saturated carbocycles. The first-order valence-corrected chi connectivity index (χ1v) is 10.9. The second-order valence-corrected chi connectivity index (χ2v) is 7.81. The Morgan fingerprint density at radius 2 is 1.94 bits per heavy atom. The number of carbonyl (C=O) groups is 3. The molecular formula is C22H22Cl2N4O5. The Bertz CT molecular complexity index is 1040. The summed E-state index contributed by atoms with van der Waals surface area (Å²) in [5.74, 6) is -1.79. The van der Waals surface area contributed by atoms with Crippen LogP contribution in [0.2, 0.25) is 10.0 Å². The predicted molar refractivity (Wildman–Crippen MR) is 125 cm³/mol. The van der Waals surface area contributed by atoms with Crippen molar-refractivity contribution in [1.29, 1.82) is 0 Å². The second-order valence-electron chi connectivity index (χ2n) is 7.02. The Labute approximate surface area is 200 Å². The lowest BCUT2D eigenvalue weighted by atomic mass is 10.2. The molecule has 2 aromatic rings. The van der Waals surface area contributed by atoms with Crippen LogP contribution in [0.15, 0.2) is 47.6 Å². The SMILES string of the molecule is O=C(COc1ccccc1/C=N\NC(=O)C(=O)NC[C@@H]1CCCO1)Nc1cccc(Cl)c1Cl. The first-order chi connectivity index (χ1) is 15.9. The summed E-state index contributed by atoms with van der Waals surface area (Å²) < 4.78 is 10.9. The van der Waals surface area contributed by atoms with Crippen LogP contribution in [0.1, 0.15) is 18.4 Å². The molecule has 9 nitrogen and oxygen atoms in total. The van der Waals surface area contributed by atoms with Gasteiger partial charge in [-0.3, -0.25) is 14.4 Å². The minimum Gasteiger partial charge on any atom is -0.483 e. The van der Waals surface area contributed by atoms with E-state index in [1.165, 1.54) is 6.21 Å². The van der Waals surface area contributed by atoms with Gasteiger partial charge >= 0.3 is 11.8 Å². The standard InChI is InChI=1S/C22H22Cl2N4O5/c23-16-7-3-8-17(20(16)24)27-19(29)13-33-18-9-2-1-5-14(18)11-26-28-22(31)21(30)25-12-15-6-4-10-32-15/h1-3,5,7-9,11,15H,4,6,10,12-13H2,(H,25,30)(H,27,29)(H,28,31)/b26-11-/t15-/m0/s1. The molecule has 1 heterocycles. The molecule has 1 aliphatic heterocycles. The number of amides is 3. The van der Waals surface area contributed by atoms with Gasteiger partial charge in [0.15, 0.2) is 6.61 Å². The van der Waals surface area contributed by atoms with Crippen LogP contribution in [-0.2, 0) is 19.1 Å². The Balaban J connectivity index is 1.49. The van der Waals surface area contributed by atoms with Crippen molar-refractivity contribution in [3.8, 4) is 5.75 Å². The van der Waals surface area contributed by atoms with Gasteiger partial charge in [-0.1, -0.05) is 41.4 Å². The van der Waals surface area contributed by atoms with E-state index in [9.17, 15) is 14.4 Å². The highest BCUT2D eigenvalue weighted by atomic mass is 35.5. The van der Waals surface area contributed by atoms with E-state index < -0.39 is 17.7 Å². The van der Waals surface area contributed by atoms with Crippen molar-refractivity contribution < 1.29 is 23.9 Å². The van der Waals surface area contributed by atoms with Gasteiger partial charge in [-0.2, -0.15) is 5.10 Å². The minimum atomic E-state index is -0.902. The molecule has 33 heavy (non-hydrogen) atoms. The van der Waals surface area contributed by atoms with E-state index in [4.69, 9.17) is 32.7 Å². The van der Waals surface area contributed by atoms with Gasteiger partial charge in [-0.15, -0.1) is 0 Å². The van der Waals surface area contributed by atoms with Crippen LogP contribution in [0.3, 0.4) is 0 Å². The Hall–Kier alpha value is -3.14. The molecule has 11 heteroatoms. The maximum atomic E-state index is 12.2. The predicted octanol–water partition coefficient (Wildman–Crippen LogP) is 2.76. The summed E-state index contributed by atoms with van der Waals surface area (Å²) >= 11 is 12.0. The maximum absolute atomic E-state index is 12.2. The van der Waals surface area contributed by atoms with Gasteiger partial charge in [-0.05, 0) is 37.1 Å². The molecule has 1 atom stereocenters. The molecule has 3 N–H and O–H groups in total. The van der Waals surface area contributed by atoms with Crippen LogP contribution in [0, 0.1) is 0 Å². The molecule has 3 amide bonds. The summed E-state index contributed by atoms with van der Waals surface area (Å²) in [6.07, 6.45) is 3.03. The van der Waals surface area contributed by atoms with Gasteiger partial charge in [0.1, 0.15) is 5.75 Å². The summed E-state index contributed by atoms with van der Waals surface area (Å²) in [6, 6.07) is 11.6. The second kappa shape index (κ2) is 12.2. The zero-order valence-electron chi connectivity index (χ0n) is 17.5. The van der Waals surface area contributed by atoms with E-state index in [1.807, 2.05) is 0 Å². The van der Waals surface area contributed by atoms with Crippen LogP contribution < -0.4 is 20.8 Å². The number of anilines is 1. The van der Waals surface area contributed by atoms with Crippen molar-refractivity contribution in [2.45, 2.75) is 18.9 Å². The molecular weight excluding hydrogens is 471 g/mol. The van der Waals surface area contributed by atoms with Crippen molar-refractivity contribution in [3.63, 3.8) is 0 Å². The monoisotopic (exact) mass is 492 g/mol. The van der Waals surface area contributed by atoms with Crippen molar-refractivity contribution in [2.24, 2.45) is 5.10 Å². The van der Waals surface area contributed by atoms with Gasteiger partial charge in [0.05, 0.1) is 28.1 Å². The highest BCUT2D eigenvalue weighted by Gasteiger charge is 2.19. The lowest BCUT2D eigenvalue weighted by Gasteiger charge is -2.11. The molecule has 0 aliphatic carbocycles. The van der Waals surface area contributed by atoms with Crippen molar-refractivity contribution >= 4 is 52.8 Å². The Morgan fingerprint density at radius 3 is 2.73 bits per heavy atom. The van der Waals surface area contributed by atoms with E-state index in [0.29, 0.717) is 28.6 Å². The van der Waals surface area contributed by atoms with Crippen LogP contribution >= 0.6 is 23.2 Å². The zero-order chi connectivity index (χ0) is 23.6. The lowest BCUT2D eigenvalue weighted by Crippen LogP contribution is -2.41. The number of nitrogens with zero attached hydrogens (tertiary/aromatic N) is 1. The number of nitrogens with one attached hydrogen (secondary N) is 3. The average molecular weight is 493 g/mol. The fourth-order valence-corrected chi connectivity index (χ4v) is 3.30. The van der Waals surface area contributed by atoms with Crippen LogP contribution in [-0.4, -0.2) is 49.8 Å². The Kier molecular flexibility index (Phi) is 9.05. The van der Waals surface area contributed by atoms with Crippen molar-refractivity contribution in [1.82, 2.24) is 10.7 Å². The number of benzene rings is 2. The average Bonchev–Trinajstić information content (AvgIpc) is 3.33. The molecule has 1 saturated heterocycles.